The minimum Gasteiger partial charge on any atom is -0.483 e. The fourth-order valence-corrected chi connectivity index (χ4v) is 4.35. The lowest BCUT2D eigenvalue weighted by Crippen LogP contribution is -2.07. The molecule has 0 radical (unpaired) electrons. The molecule has 4 aromatic carbocycles. The van der Waals surface area contributed by atoms with Crippen molar-refractivity contribution in [2.45, 2.75) is 19.3 Å². The molecule has 0 saturated heterocycles. The van der Waals surface area contributed by atoms with Crippen molar-refractivity contribution in [2.75, 3.05) is 0 Å². The lowest BCUT2D eigenvalue weighted by Gasteiger charge is -2.12. The maximum atomic E-state index is 14.6. The second-order valence-corrected chi connectivity index (χ2v) is 8.92. The van der Waals surface area contributed by atoms with E-state index in [0.29, 0.717) is 16.8 Å². The molecule has 1 aromatic heterocycles. The molecule has 38 heavy (non-hydrogen) atoms. The van der Waals surface area contributed by atoms with Crippen LogP contribution < -0.4 is 4.74 Å². The van der Waals surface area contributed by atoms with Crippen molar-refractivity contribution in [3.63, 3.8) is 0 Å². The Hall–Kier alpha value is -3.98. The van der Waals surface area contributed by atoms with E-state index in [4.69, 9.17) is 16.3 Å². The standard InChI is InChI=1S/C28H17ClF6N2O/c29-19-11-10-18(24(32)13-19)14-37-26(20-6-2-7-21(25(20)36-37)28(33,34)35)17-5-1-4-16(12-17)15-38-27-22(30)8-3-9-23(27)31/h1-13H,14-15H2. The van der Waals surface area contributed by atoms with Crippen LogP contribution in [-0.4, -0.2) is 9.78 Å². The van der Waals surface area contributed by atoms with Gasteiger partial charge in [0.1, 0.15) is 17.9 Å². The quantitative estimate of drug-likeness (QED) is 0.200. The third-order valence-corrected chi connectivity index (χ3v) is 6.15. The van der Waals surface area contributed by atoms with E-state index in [9.17, 15) is 26.3 Å². The molecule has 0 aliphatic heterocycles. The van der Waals surface area contributed by atoms with Gasteiger partial charge in [-0.15, -0.1) is 0 Å². The molecule has 0 aliphatic rings. The number of aromatic nitrogens is 2. The third kappa shape index (κ3) is 5.06. The van der Waals surface area contributed by atoms with Gasteiger partial charge < -0.3 is 4.74 Å². The molecule has 5 rings (SSSR count). The molecule has 0 atom stereocenters. The van der Waals surface area contributed by atoms with Crippen LogP contribution in [0.1, 0.15) is 16.7 Å². The monoisotopic (exact) mass is 546 g/mol. The number of rotatable bonds is 6. The van der Waals surface area contributed by atoms with Crippen LogP contribution in [0.4, 0.5) is 26.3 Å². The van der Waals surface area contributed by atoms with E-state index in [-0.39, 0.29) is 34.6 Å². The highest BCUT2D eigenvalue weighted by Crippen LogP contribution is 2.38. The van der Waals surface area contributed by atoms with Gasteiger partial charge in [0, 0.05) is 21.5 Å². The van der Waals surface area contributed by atoms with Gasteiger partial charge in [0.25, 0.3) is 0 Å². The minimum atomic E-state index is -4.67. The third-order valence-electron chi connectivity index (χ3n) is 5.91. The molecule has 0 N–H and O–H groups in total. The van der Waals surface area contributed by atoms with Crippen LogP contribution in [0, 0.1) is 17.5 Å². The predicted octanol–water partition coefficient (Wildman–Crippen LogP) is 8.42. The summed E-state index contributed by atoms with van der Waals surface area (Å²) in [6, 6.07) is 17.6. The van der Waals surface area contributed by atoms with Crippen molar-refractivity contribution < 1.29 is 31.1 Å². The Morgan fingerprint density at radius 3 is 2.24 bits per heavy atom. The largest absolute Gasteiger partial charge is 0.483 e. The Balaban J connectivity index is 1.60. The average molecular weight is 547 g/mol. The van der Waals surface area contributed by atoms with Gasteiger partial charge in [-0.3, -0.25) is 4.68 Å². The summed E-state index contributed by atoms with van der Waals surface area (Å²) in [7, 11) is 0. The fraction of sp³-hybridized carbons (Fsp3) is 0.107. The molecule has 5 aromatic rings. The van der Waals surface area contributed by atoms with E-state index in [1.807, 2.05) is 0 Å². The second-order valence-electron chi connectivity index (χ2n) is 8.48. The van der Waals surface area contributed by atoms with Gasteiger partial charge in [-0.2, -0.15) is 18.3 Å². The van der Waals surface area contributed by atoms with E-state index in [2.05, 4.69) is 5.10 Å². The fourth-order valence-electron chi connectivity index (χ4n) is 4.20. The van der Waals surface area contributed by atoms with E-state index in [1.54, 1.807) is 24.3 Å². The number of hydrogen-bond acceptors (Lipinski definition) is 2. The molecule has 0 aliphatic carbocycles. The van der Waals surface area contributed by atoms with Crippen LogP contribution in [0.3, 0.4) is 0 Å². The van der Waals surface area contributed by atoms with E-state index < -0.39 is 34.9 Å². The van der Waals surface area contributed by atoms with Crippen molar-refractivity contribution in [2.24, 2.45) is 0 Å². The predicted molar refractivity (Wildman–Crippen MR) is 131 cm³/mol. The molecular formula is C28H17ClF6N2O. The maximum absolute atomic E-state index is 14.6. The first-order valence-electron chi connectivity index (χ1n) is 11.3. The lowest BCUT2D eigenvalue weighted by molar-refractivity contribution is -0.136. The number of nitrogens with zero attached hydrogens (tertiary/aromatic N) is 2. The van der Waals surface area contributed by atoms with Crippen LogP contribution >= 0.6 is 11.6 Å². The zero-order valence-corrected chi connectivity index (χ0v) is 20.1. The molecule has 194 valence electrons. The van der Waals surface area contributed by atoms with Crippen LogP contribution in [0.2, 0.25) is 5.02 Å². The summed E-state index contributed by atoms with van der Waals surface area (Å²) in [5, 5.41) is 4.60. The molecule has 0 bridgehead atoms. The maximum Gasteiger partial charge on any atom is 0.418 e. The van der Waals surface area contributed by atoms with Crippen molar-refractivity contribution in [1.29, 1.82) is 0 Å². The molecule has 3 nitrogen and oxygen atoms in total. The number of fused-ring (bicyclic) bond motifs is 1. The molecule has 10 heteroatoms. The Labute approximate surface area is 217 Å². The highest BCUT2D eigenvalue weighted by Gasteiger charge is 2.34. The van der Waals surface area contributed by atoms with Crippen LogP contribution in [0.5, 0.6) is 5.75 Å². The van der Waals surface area contributed by atoms with Gasteiger partial charge in [-0.25, -0.2) is 13.2 Å². The number of benzene rings is 4. The first-order valence-corrected chi connectivity index (χ1v) is 11.7. The Kier molecular flexibility index (Phi) is 6.79. The summed E-state index contributed by atoms with van der Waals surface area (Å²) in [6.45, 7) is -0.386. The molecule has 0 fully saturated rings. The van der Waals surface area contributed by atoms with Gasteiger partial charge in [-0.1, -0.05) is 54.1 Å². The van der Waals surface area contributed by atoms with E-state index in [0.717, 1.165) is 24.3 Å². The number of para-hydroxylation sites is 1. The van der Waals surface area contributed by atoms with Gasteiger partial charge in [0.05, 0.1) is 17.8 Å². The molecule has 1 heterocycles. The van der Waals surface area contributed by atoms with Crippen LogP contribution in [0.25, 0.3) is 22.2 Å². The van der Waals surface area contributed by atoms with Gasteiger partial charge in [0.15, 0.2) is 17.4 Å². The smallest absolute Gasteiger partial charge is 0.418 e. The van der Waals surface area contributed by atoms with Crippen molar-refractivity contribution in [3.05, 3.63) is 118 Å². The highest BCUT2D eigenvalue weighted by atomic mass is 35.5. The minimum absolute atomic E-state index is 0.173. The summed E-state index contributed by atoms with van der Waals surface area (Å²) in [5.41, 5.74) is 0.207. The highest BCUT2D eigenvalue weighted by molar-refractivity contribution is 6.30. The average Bonchev–Trinajstić information content (AvgIpc) is 3.23. The number of ether oxygens (including phenoxy) is 1. The van der Waals surface area contributed by atoms with Gasteiger partial charge >= 0.3 is 6.18 Å². The topological polar surface area (TPSA) is 27.1 Å². The summed E-state index contributed by atoms with van der Waals surface area (Å²) in [6.07, 6.45) is -4.67. The normalized spacial score (nSPS) is 11.8. The summed E-state index contributed by atoms with van der Waals surface area (Å²) in [5.74, 6) is -2.90. The summed E-state index contributed by atoms with van der Waals surface area (Å²) in [4.78, 5) is 0. The zero-order valence-electron chi connectivity index (χ0n) is 19.4. The summed E-state index contributed by atoms with van der Waals surface area (Å²) < 4.78 is 90.5. The van der Waals surface area contributed by atoms with Gasteiger partial charge in [-0.05, 0) is 42.0 Å². The van der Waals surface area contributed by atoms with E-state index >= 15 is 0 Å². The molecule has 0 amide bonds. The summed E-state index contributed by atoms with van der Waals surface area (Å²) >= 11 is 5.85. The van der Waals surface area contributed by atoms with Crippen LogP contribution in [-0.2, 0) is 19.3 Å². The number of hydrogen-bond donors (Lipinski definition) is 0. The lowest BCUT2D eigenvalue weighted by atomic mass is 10.0. The SMILES string of the molecule is Fc1cc(Cl)ccc1Cn1nc2c(C(F)(F)F)cccc2c1-c1cccc(COc2c(F)cccc2F)c1. The Morgan fingerprint density at radius 2 is 1.53 bits per heavy atom. The molecule has 0 spiro atoms. The first kappa shape index (κ1) is 25.7. The van der Waals surface area contributed by atoms with Crippen molar-refractivity contribution in [1.82, 2.24) is 9.78 Å². The van der Waals surface area contributed by atoms with Crippen molar-refractivity contribution in [3.8, 4) is 17.0 Å². The Bertz CT molecular complexity index is 1630. The molecule has 0 saturated carbocycles. The van der Waals surface area contributed by atoms with Crippen molar-refractivity contribution >= 4 is 22.5 Å². The van der Waals surface area contributed by atoms with E-state index in [1.165, 1.54) is 35.0 Å². The number of halogens is 7. The molecule has 0 unspecified atom stereocenters. The Morgan fingerprint density at radius 1 is 0.816 bits per heavy atom. The zero-order chi connectivity index (χ0) is 27.0. The number of alkyl halides is 3. The second kappa shape index (κ2) is 10.1. The van der Waals surface area contributed by atoms with Crippen LogP contribution in [0.15, 0.2) is 78.9 Å². The first-order chi connectivity index (χ1) is 18.1. The molecular weight excluding hydrogens is 530 g/mol. The van der Waals surface area contributed by atoms with Gasteiger partial charge in [0.2, 0.25) is 0 Å².